The van der Waals surface area contributed by atoms with Crippen molar-refractivity contribution in [1.82, 2.24) is 4.90 Å². The van der Waals surface area contributed by atoms with Crippen molar-refractivity contribution >= 4 is 0 Å². The molecule has 2 atom stereocenters. The smallest absolute Gasteiger partial charge is 0.0589 e. The quantitative estimate of drug-likeness (QED) is 0.648. The molecule has 0 heterocycles. The summed E-state index contributed by atoms with van der Waals surface area (Å²) in [6.45, 7) is 9.35. The number of nitrogens with two attached hydrogens (primary N) is 1. The SMILES string of the molecule is CCC(N)CN(CCOC)C(C)CC. The van der Waals surface area contributed by atoms with Crippen molar-refractivity contribution in [2.75, 3.05) is 26.8 Å². The third kappa shape index (κ3) is 5.58. The van der Waals surface area contributed by atoms with Crippen LogP contribution in [-0.4, -0.2) is 43.8 Å². The van der Waals surface area contributed by atoms with Crippen LogP contribution >= 0.6 is 0 Å². The third-order valence-electron chi connectivity index (χ3n) is 2.79. The molecule has 0 saturated heterocycles. The van der Waals surface area contributed by atoms with E-state index in [1.807, 2.05) is 0 Å². The van der Waals surface area contributed by atoms with Crippen LogP contribution in [0, 0.1) is 0 Å². The molecule has 0 fully saturated rings. The fraction of sp³-hybridized carbons (Fsp3) is 1.00. The Balaban J connectivity index is 3.96. The van der Waals surface area contributed by atoms with Gasteiger partial charge < -0.3 is 10.5 Å². The Bertz CT molecular complexity index is 130. The van der Waals surface area contributed by atoms with E-state index in [9.17, 15) is 0 Å². The average molecular weight is 202 g/mol. The first-order chi connectivity index (χ1) is 6.65. The maximum atomic E-state index is 5.96. The first-order valence-corrected chi connectivity index (χ1v) is 5.64. The Morgan fingerprint density at radius 1 is 1.29 bits per heavy atom. The van der Waals surface area contributed by atoms with Crippen LogP contribution in [0.4, 0.5) is 0 Å². The predicted molar refractivity (Wildman–Crippen MR) is 61.5 cm³/mol. The van der Waals surface area contributed by atoms with Crippen LogP contribution < -0.4 is 5.73 Å². The van der Waals surface area contributed by atoms with E-state index >= 15 is 0 Å². The lowest BCUT2D eigenvalue weighted by Gasteiger charge is -2.30. The summed E-state index contributed by atoms with van der Waals surface area (Å²) in [6, 6.07) is 0.892. The van der Waals surface area contributed by atoms with E-state index in [1.165, 1.54) is 6.42 Å². The summed E-state index contributed by atoms with van der Waals surface area (Å²) in [6.07, 6.45) is 2.21. The highest BCUT2D eigenvalue weighted by atomic mass is 16.5. The normalized spacial score (nSPS) is 15.9. The fourth-order valence-electron chi connectivity index (χ4n) is 1.39. The minimum absolute atomic E-state index is 0.292. The molecule has 3 heteroatoms. The molecule has 0 aliphatic rings. The van der Waals surface area contributed by atoms with Gasteiger partial charge in [-0.3, -0.25) is 4.90 Å². The second-order valence-electron chi connectivity index (χ2n) is 3.91. The second-order valence-corrected chi connectivity index (χ2v) is 3.91. The zero-order valence-corrected chi connectivity index (χ0v) is 10.1. The van der Waals surface area contributed by atoms with Gasteiger partial charge in [0, 0.05) is 32.3 Å². The molecule has 0 saturated carbocycles. The minimum Gasteiger partial charge on any atom is -0.383 e. The molecule has 3 nitrogen and oxygen atoms in total. The first-order valence-electron chi connectivity index (χ1n) is 5.64. The Morgan fingerprint density at radius 2 is 1.93 bits per heavy atom. The van der Waals surface area contributed by atoms with E-state index in [1.54, 1.807) is 7.11 Å². The van der Waals surface area contributed by atoms with E-state index in [0.717, 1.165) is 26.1 Å². The van der Waals surface area contributed by atoms with E-state index in [0.29, 0.717) is 12.1 Å². The van der Waals surface area contributed by atoms with Crippen LogP contribution in [0.1, 0.15) is 33.6 Å². The largest absolute Gasteiger partial charge is 0.383 e. The Labute approximate surface area is 88.6 Å². The molecule has 0 aromatic heterocycles. The van der Waals surface area contributed by atoms with Gasteiger partial charge in [0.25, 0.3) is 0 Å². The molecule has 86 valence electrons. The Morgan fingerprint density at radius 3 is 2.36 bits per heavy atom. The number of ether oxygens (including phenoxy) is 1. The summed E-state index contributed by atoms with van der Waals surface area (Å²) < 4.78 is 5.10. The maximum absolute atomic E-state index is 5.96. The lowest BCUT2D eigenvalue weighted by molar-refractivity contribution is 0.117. The average Bonchev–Trinajstić information content (AvgIpc) is 2.22. The van der Waals surface area contributed by atoms with Crippen LogP contribution in [0.3, 0.4) is 0 Å². The van der Waals surface area contributed by atoms with Crippen molar-refractivity contribution in [2.24, 2.45) is 5.73 Å². The Hall–Kier alpha value is -0.120. The zero-order chi connectivity index (χ0) is 11.0. The predicted octanol–water partition coefficient (Wildman–Crippen LogP) is 1.47. The summed E-state index contributed by atoms with van der Waals surface area (Å²) in [7, 11) is 1.74. The fourth-order valence-corrected chi connectivity index (χ4v) is 1.39. The molecule has 0 amide bonds. The van der Waals surface area contributed by atoms with Gasteiger partial charge in [-0.15, -0.1) is 0 Å². The Kier molecular flexibility index (Phi) is 8.14. The van der Waals surface area contributed by atoms with Crippen LogP contribution in [0.25, 0.3) is 0 Å². The standard InChI is InChI=1S/C11H26N2O/c1-5-10(3)13(7-8-14-4)9-11(12)6-2/h10-11H,5-9,12H2,1-4H3. The number of methoxy groups -OCH3 is 1. The molecule has 0 rings (SSSR count). The van der Waals surface area contributed by atoms with Gasteiger partial charge in [0.2, 0.25) is 0 Å². The van der Waals surface area contributed by atoms with Gasteiger partial charge in [0.1, 0.15) is 0 Å². The van der Waals surface area contributed by atoms with Crippen LogP contribution in [0.15, 0.2) is 0 Å². The van der Waals surface area contributed by atoms with Crippen molar-refractivity contribution in [3.8, 4) is 0 Å². The molecule has 0 bridgehead atoms. The van der Waals surface area contributed by atoms with Gasteiger partial charge in [-0.05, 0) is 19.8 Å². The van der Waals surface area contributed by atoms with Crippen molar-refractivity contribution in [2.45, 2.75) is 45.7 Å². The van der Waals surface area contributed by atoms with Gasteiger partial charge in [0.15, 0.2) is 0 Å². The molecular formula is C11H26N2O. The number of hydrogen-bond donors (Lipinski definition) is 1. The lowest BCUT2D eigenvalue weighted by atomic mass is 10.1. The van der Waals surface area contributed by atoms with Gasteiger partial charge in [-0.25, -0.2) is 0 Å². The van der Waals surface area contributed by atoms with Gasteiger partial charge >= 0.3 is 0 Å². The molecule has 0 aromatic carbocycles. The monoisotopic (exact) mass is 202 g/mol. The molecule has 14 heavy (non-hydrogen) atoms. The van der Waals surface area contributed by atoms with Crippen molar-refractivity contribution in [1.29, 1.82) is 0 Å². The molecule has 2 N–H and O–H groups in total. The third-order valence-corrected chi connectivity index (χ3v) is 2.79. The molecule has 0 aliphatic carbocycles. The van der Waals surface area contributed by atoms with Crippen LogP contribution in [0.2, 0.25) is 0 Å². The van der Waals surface area contributed by atoms with Gasteiger partial charge in [-0.1, -0.05) is 13.8 Å². The zero-order valence-electron chi connectivity index (χ0n) is 10.1. The van der Waals surface area contributed by atoms with E-state index in [-0.39, 0.29) is 0 Å². The molecule has 0 aliphatic heterocycles. The molecular weight excluding hydrogens is 176 g/mol. The summed E-state index contributed by atoms with van der Waals surface area (Å²) in [5.74, 6) is 0. The molecule has 2 unspecified atom stereocenters. The van der Waals surface area contributed by atoms with E-state index in [4.69, 9.17) is 10.5 Å². The molecule has 0 radical (unpaired) electrons. The van der Waals surface area contributed by atoms with Crippen LogP contribution in [-0.2, 0) is 4.74 Å². The van der Waals surface area contributed by atoms with Crippen molar-refractivity contribution in [3.63, 3.8) is 0 Å². The summed E-state index contributed by atoms with van der Waals surface area (Å²) in [5, 5.41) is 0. The highest BCUT2D eigenvalue weighted by molar-refractivity contribution is 4.71. The lowest BCUT2D eigenvalue weighted by Crippen LogP contribution is -2.43. The first kappa shape index (κ1) is 13.9. The van der Waals surface area contributed by atoms with Gasteiger partial charge in [-0.2, -0.15) is 0 Å². The van der Waals surface area contributed by atoms with Crippen molar-refractivity contribution in [3.05, 3.63) is 0 Å². The topological polar surface area (TPSA) is 38.5 Å². The molecule has 0 aromatic rings. The maximum Gasteiger partial charge on any atom is 0.0589 e. The minimum atomic E-state index is 0.292. The van der Waals surface area contributed by atoms with E-state index < -0.39 is 0 Å². The summed E-state index contributed by atoms with van der Waals surface area (Å²) in [5.41, 5.74) is 5.96. The second kappa shape index (κ2) is 8.21. The summed E-state index contributed by atoms with van der Waals surface area (Å²) in [4.78, 5) is 2.41. The summed E-state index contributed by atoms with van der Waals surface area (Å²) >= 11 is 0. The highest BCUT2D eigenvalue weighted by Gasteiger charge is 2.14. The van der Waals surface area contributed by atoms with Crippen molar-refractivity contribution < 1.29 is 4.74 Å². The van der Waals surface area contributed by atoms with E-state index in [2.05, 4.69) is 25.7 Å². The highest BCUT2D eigenvalue weighted by Crippen LogP contribution is 2.04. The number of nitrogens with zero attached hydrogens (tertiary/aromatic N) is 1. The van der Waals surface area contributed by atoms with Gasteiger partial charge in [0.05, 0.1) is 6.61 Å². The molecule has 0 spiro atoms. The number of rotatable bonds is 8. The number of hydrogen-bond acceptors (Lipinski definition) is 3. The van der Waals surface area contributed by atoms with Crippen LogP contribution in [0.5, 0.6) is 0 Å².